The first-order valence-corrected chi connectivity index (χ1v) is 7.61. The van der Waals surface area contributed by atoms with E-state index in [2.05, 4.69) is 0 Å². The summed E-state index contributed by atoms with van der Waals surface area (Å²) in [6, 6.07) is 11.3. The summed E-state index contributed by atoms with van der Waals surface area (Å²) >= 11 is 5.96. The fraction of sp³-hybridized carbons (Fsp3) is 0.312. The van der Waals surface area contributed by atoms with Crippen LogP contribution in [0.15, 0.2) is 47.1 Å². The van der Waals surface area contributed by atoms with Crippen LogP contribution in [0.2, 0.25) is 5.02 Å². The Morgan fingerprint density at radius 1 is 1.24 bits per heavy atom. The van der Waals surface area contributed by atoms with Crippen LogP contribution in [-0.2, 0) is 4.79 Å². The summed E-state index contributed by atoms with van der Waals surface area (Å²) in [6.07, 6.45) is 3.65. The van der Waals surface area contributed by atoms with Crippen molar-refractivity contribution < 1.29 is 14.1 Å². The van der Waals surface area contributed by atoms with E-state index in [1.165, 1.54) is 4.90 Å². The zero-order chi connectivity index (χ0) is 14.4. The van der Waals surface area contributed by atoms with E-state index in [1.807, 2.05) is 41.3 Å². The molecule has 4 nitrogen and oxygen atoms in total. The number of carbonyl (C=O) groups excluding carboxylic acids is 1. The number of benzene rings is 1. The van der Waals surface area contributed by atoms with E-state index in [1.54, 1.807) is 6.26 Å². The van der Waals surface area contributed by atoms with Crippen LogP contribution in [0.1, 0.15) is 24.8 Å². The molecule has 4 rings (SSSR count). The molecule has 1 amide bonds. The number of hydrogen-bond donors (Lipinski definition) is 1. The van der Waals surface area contributed by atoms with Crippen LogP contribution in [0.3, 0.4) is 0 Å². The Morgan fingerprint density at radius 3 is 2.76 bits per heavy atom. The summed E-state index contributed by atoms with van der Waals surface area (Å²) in [5.41, 5.74) is 0.882. The Bertz CT molecular complexity index is 653. The fourth-order valence-electron chi connectivity index (χ4n) is 3.58. The van der Waals surface area contributed by atoms with Gasteiger partial charge in [-0.1, -0.05) is 11.6 Å². The summed E-state index contributed by atoms with van der Waals surface area (Å²) in [5.74, 6) is 1.03. The molecule has 3 heterocycles. The predicted octanol–water partition coefficient (Wildman–Crippen LogP) is 2.03. The molecule has 2 aliphatic heterocycles. The van der Waals surface area contributed by atoms with Crippen LogP contribution in [0.25, 0.3) is 0 Å². The number of hydrogen-bond acceptors (Lipinski definition) is 2. The number of anilines is 1. The molecule has 0 radical (unpaired) electrons. The lowest BCUT2D eigenvalue weighted by Gasteiger charge is -2.24. The minimum atomic E-state index is -0.0684. The van der Waals surface area contributed by atoms with Gasteiger partial charge >= 0.3 is 0 Å². The lowest BCUT2D eigenvalue weighted by Crippen LogP contribution is -3.12. The van der Waals surface area contributed by atoms with Crippen LogP contribution < -0.4 is 9.80 Å². The highest BCUT2D eigenvalue weighted by Crippen LogP contribution is 2.31. The second-order valence-corrected chi connectivity index (χ2v) is 6.06. The molecular formula is C16H16ClN2O2+. The summed E-state index contributed by atoms with van der Waals surface area (Å²) in [5, 5.41) is 0.674. The Hall–Kier alpha value is -1.78. The van der Waals surface area contributed by atoms with Crippen LogP contribution >= 0.6 is 11.6 Å². The topological polar surface area (TPSA) is 37.9 Å². The molecule has 0 bridgehead atoms. The lowest BCUT2D eigenvalue weighted by molar-refractivity contribution is -0.925. The summed E-state index contributed by atoms with van der Waals surface area (Å²) in [7, 11) is 0. The molecule has 2 saturated heterocycles. The van der Waals surface area contributed by atoms with Crippen molar-refractivity contribution in [2.24, 2.45) is 0 Å². The molecule has 1 N–H and O–H groups in total. The minimum absolute atomic E-state index is 0.0516. The van der Waals surface area contributed by atoms with Gasteiger partial charge in [0.05, 0.1) is 18.5 Å². The maximum Gasteiger partial charge on any atom is 0.290 e. The van der Waals surface area contributed by atoms with Gasteiger partial charge in [-0.05, 0) is 36.4 Å². The molecule has 5 heteroatoms. The molecule has 1 aromatic carbocycles. The van der Waals surface area contributed by atoms with Crippen molar-refractivity contribution in [2.45, 2.75) is 25.0 Å². The number of nitrogens with one attached hydrogen (secondary N) is 1. The van der Waals surface area contributed by atoms with Crippen molar-refractivity contribution in [1.82, 2.24) is 0 Å². The Balaban J connectivity index is 1.79. The molecule has 1 aromatic heterocycles. The second kappa shape index (κ2) is 4.90. The number of carbonyl (C=O) groups is 1. The first-order valence-electron chi connectivity index (χ1n) is 7.23. The maximum atomic E-state index is 12.8. The first kappa shape index (κ1) is 12.9. The Labute approximate surface area is 127 Å². The van der Waals surface area contributed by atoms with Crippen LogP contribution in [0, 0.1) is 0 Å². The van der Waals surface area contributed by atoms with Gasteiger partial charge in [-0.15, -0.1) is 0 Å². The van der Waals surface area contributed by atoms with E-state index < -0.39 is 0 Å². The van der Waals surface area contributed by atoms with E-state index in [0.717, 1.165) is 30.8 Å². The van der Waals surface area contributed by atoms with E-state index >= 15 is 0 Å². The number of rotatable bonds is 2. The van der Waals surface area contributed by atoms with Crippen LogP contribution in [0.4, 0.5) is 5.69 Å². The van der Waals surface area contributed by atoms with E-state index in [4.69, 9.17) is 16.0 Å². The van der Waals surface area contributed by atoms with Crippen LogP contribution in [0.5, 0.6) is 0 Å². The van der Waals surface area contributed by atoms with E-state index in [0.29, 0.717) is 5.02 Å². The Morgan fingerprint density at radius 2 is 2.05 bits per heavy atom. The number of fused-ring (bicyclic) bond motifs is 1. The number of quaternary nitrogens is 1. The highest BCUT2D eigenvalue weighted by atomic mass is 35.5. The van der Waals surface area contributed by atoms with Crippen molar-refractivity contribution in [1.29, 1.82) is 0 Å². The molecule has 2 fully saturated rings. The van der Waals surface area contributed by atoms with Gasteiger partial charge in [0.1, 0.15) is 0 Å². The molecule has 3 atom stereocenters. The maximum absolute atomic E-state index is 12.8. The van der Waals surface area contributed by atoms with Crippen LogP contribution in [-0.4, -0.2) is 18.5 Å². The van der Waals surface area contributed by atoms with Crippen molar-refractivity contribution in [3.05, 3.63) is 53.4 Å². The molecule has 0 spiro atoms. The third-order valence-corrected chi connectivity index (χ3v) is 4.72. The fourth-order valence-corrected chi connectivity index (χ4v) is 3.70. The third kappa shape index (κ3) is 1.98. The van der Waals surface area contributed by atoms with Gasteiger partial charge in [0.25, 0.3) is 5.91 Å². The highest BCUT2D eigenvalue weighted by molar-refractivity contribution is 6.30. The number of furan rings is 1. The quantitative estimate of drug-likeness (QED) is 0.922. The zero-order valence-corrected chi connectivity index (χ0v) is 12.2. The average molecular weight is 304 g/mol. The monoisotopic (exact) mass is 303 g/mol. The minimum Gasteiger partial charge on any atom is -0.461 e. The van der Waals surface area contributed by atoms with E-state index in [-0.39, 0.29) is 18.1 Å². The number of nitrogens with zero attached hydrogens (tertiary/aromatic N) is 1. The van der Waals surface area contributed by atoms with Crippen molar-refractivity contribution in [3.8, 4) is 0 Å². The highest BCUT2D eigenvalue weighted by Gasteiger charge is 2.54. The van der Waals surface area contributed by atoms with Gasteiger partial charge in [0.15, 0.2) is 11.8 Å². The summed E-state index contributed by atoms with van der Waals surface area (Å²) in [6.45, 7) is 1.01. The van der Waals surface area contributed by atoms with Gasteiger partial charge < -0.3 is 4.42 Å². The molecule has 2 aliphatic rings. The van der Waals surface area contributed by atoms with Crippen molar-refractivity contribution >= 4 is 23.2 Å². The molecule has 108 valence electrons. The second-order valence-electron chi connectivity index (χ2n) is 5.62. The molecule has 21 heavy (non-hydrogen) atoms. The zero-order valence-electron chi connectivity index (χ0n) is 11.5. The van der Waals surface area contributed by atoms with Crippen molar-refractivity contribution in [3.63, 3.8) is 0 Å². The van der Waals surface area contributed by atoms with Gasteiger partial charge in [-0.25, -0.2) is 4.90 Å². The molecule has 0 aliphatic carbocycles. The SMILES string of the molecule is O=C1[C@H]2CCC[NH+]2[C@@H](c2ccco2)N1c1ccc(Cl)cc1. The molecular weight excluding hydrogens is 288 g/mol. The Kier molecular flexibility index (Phi) is 3.01. The number of halogens is 1. The smallest absolute Gasteiger partial charge is 0.290 e. The van der Waals surface area contributed by atoms with Crippen molar-refractivity contribution in [2.75, 3.05) is 11.4 Å². The van der Waals surface area contributed by atoms with Gasteiger partial charge in [-0.2, -0.15) is 0 Å². The molecule has 1 unspecified atom stereocenters. The largest absolute Gasteiger partial charge is 0.461 e. The first-order chi connectivity index (χ1) is 10.3. The average Bonchev–Trinajstić information content (AvgIpc) is 3.19. The summed E-state index contributed by atoms with van der Waals surface area (Å²) < 4.78 is 5.61. The van der Waals surface area contributed by atoms with Gasteiger partial charge in [0, 0.05) is 17.9 Å². The third-order valence-electron chi connectivity index (χ3n) is 4.47. The summed E-state index contributed by atoms with van der Waals surface area (Å²) in [4.78, 5) is 16.0. The molecule has 0 saturated carbocycles. The molecule has 2 aromatic rings. The normalized spacial score (nSPS) is 28.1. The van der Waals surface area contributed by atoms with E-state index in [9.17, 15) is 4.79 Å². The number of amides is 1. The van der Waals surface area contributed by atoms with Gasteiger partial charge in [-0.3, -0.25) is 9.69 Å². The lowest BCUT2D eigenvalue weighted by atomic mass is 10.2. The van der Waals surface area contributed by atoms with Gasteiger partial charge in [0.2, 0.25) is 6.17 Å². The predicted molar refractivity (Wildman–Crippen MR) is 79.2 cm³/mol. The standard InChI is InChI=1S/C16H15ClN2O2/c17-11-5-7-12(8-6-11)19-15(14-4-2-10-21-14)18-9-1-3-13(18)16(19)20/h2,4-8,10,13,15H,1,3,9H2/p+1/t13-,15-/m1/s1.